The van der Waals surface area contributed by atoms with Crippen molar-refractivity contribution in [1.82, 2.24) is 0 Å². The van der Waals surface area contributed by atoms with Crippen LogP contribution >= 0.6 is 15.9 Å². The molecule has 0 atom stereocenters. The molecule has 0 aliphatic heterocycles. The normalized spacial score (nSPS) is 19.0. The zero-order chi connectivity index (χ0) is 10.1. The van der Waals surface area contributed by atoms with Gasteiger partial charge >= 0.3 is 0 Å². The average molecular weight is 243 g/mol. The summed E-state index contributed by atoms with van der Waals surface area (Å²) in [5.41, 5.74) is 3.44. The maximum Gasteiger partial charge on any atom is -0.00433 e. The molecule has 0 saturated carbocycles. The largest absolute Gasteiger partial charge is 0.0692 e. The molecule has 0 aromatic heterocycles. The highest BCUT2D eigenvalue weighted by atomic mass is 79.9. The predicted molar refractivity (Wildman–Crippen MR) is 63.0 cm³/mol. The van der Waals surface area contributed by atoms with E-state index in [-0.39, 0.29) is 0 Å². The molecule has 1 heteroatoms. The van der Waals surface area contributed by atoms with Gasteiger partial charge in [-0.2, -0.15) is 0 Å². The molecule has 0 heterocycles. The van der Waals surface area contributed by atoms with E-state index in [1.165, 1.54) is 29.3 Å². The third kappa shape index (κ3) is 2.46. The molecule has 1 aliphatic rings. The average Bonchev–Trinajstić information content (AvgIpc) is 2.09. The van der Waals surface area contributed by atoms with Crippen LogP contribution in [-0.4, -0.2) is 0 Å². The van der Waals surface area contributed by atoms with Crippen LogP contribution in [0.25, 0.3) is 0 Å². The molecule has 1 rings (SSSR count). The smallest absolute Gasteiger partial charge is 0.00433 e. The molecule has 0 amide bonds. The summed E-state index contributed by atoms with van der Waals surface area (Å²) >= 11 is 3.60. The number of rotatable bonds is 2. The molecule has 0 saturated heterocycles. The lowest BCUT2D eigenvalue weighted by Gasteiger charge is -2.29. The monoisotopic (exact) mass is 242 g/mol. The van der Waals surface area contributed by atoms with Crippen LogP contribution < -0.4 is 0 Å². The van der Waals surface area contributed by atoms with E-state index in [2.05, 4.69) is 49.7 Å². The molecule has 0 aromatic rings. The van der Waals surface area contributed by atoms with Crippen molar-refractivity contribution in [3.63, 3.8) is 0 Å². The Hall–Kier alpha value is -0.0400. The first kappa shape index (κ1) is 11.0. The zero-order valence-electron chi connectivity index (χ0n) is 9.08. The summed E-state index contributed by atoms with van der Waals surface area (Å²) < 4.78 is 1.36. The number of hydrogen-bond acceptors (Lipinski definition) is 0. The Kier molecular flexibility index (Phi) is 3.39. The van der Waals surface area contributed by atoms with Crippen LogP contribution in [0, 0.1) is 5.41 Å². The summed E-state index contributed by atoms with van der Waals surface area (Å²) in [6.07, 6.45) is 5.92. The molecule has 0 fully saturated rings. The lowest BCUT2D eigenvalue weighted by molar-refractivity contribution is 0.432. The first-order valence-electron chi connectivity index (χ1n) is 5.03. The molecule has 0 spiro atoms. The Morgan fingerprint density at radius 1 is 1.38 bits per heavy atom. The van der Waals surface area contributed by atoms with Crippen molar-refractivity contribution >= 4 is 15.9 Å². The van der Waals surface area contributed by atoms with Crippen molar-refractivity contribution < 1.29 is 0 Å². The van der Waals surface area contributed by atoms with Crippen LogP contribution in [0.1, 0.15) is 47.0 Å². The Bertz CT molecular complexity index is 256. The fourth-order valence-corrected chi connectivity index (χ4v) is 2.18. The minimum atomic E-state index is 0.337. The number of allylic oxidation sites excluding steroid dienone is 4. The molecule has 0 unspecified atom stereocenters. The Morgan fingerprint density at radius 3 is 2.54 bits per heavy atom. The van der Waals surface area contributed by atoms with Crippen LogP contribution in [0.2, 0.25) is 0 Å². The van der Waals surface area contributed by atoms with E-state index in [4.69, 9.17) is 0 Å². The van der Waals surface area contributed by atoms with Gasteiger partial charge in [0.05, 0.1) is 0 Å². The lowest BCUT2D eigenvalue weighted by atomic mass is 9.77. The number of halogens is 1. The van der Waals surface area contributed by atoms with Gasteiger partial charge in [-0.25, -0.2) is 0 Å². The lowest BCUT2D eigenvalue weighted by Crippen LogP contribution is -2.15. The van der Waals surface area contributed by atoms with E-state index >= 15 is 0 Å². The molecule has 1 aliphatic carbocycles. The van der Waals surface area contributed by atoms with Crippen molar-refractivity contribution in [3.05, 3.63) is 21.7 Å². The van der Waals surface area contributed by atoms with Crippen molar-refractivity contribution in [2.75, 3.05) is 0 Å². The zero-order valence-corrected chi connectivity index (χ0v) is 10.7. The van der Waals surface area contributed by atoms with E-state index in [0.29, 0.717) is 5.41 Å². The summed E-state index contributed by atoms with van der Waals surface area (Å²) in [6.45, 7) is 9.18. The quantitative estimate of drug-likeness (QED) is 0.652. The van der Waals surface area contributed by atoms with Gasteiger partial charge in [-0.05, 0) is 47.7 Å². The Morgan fingerprint density at radius 2 is 2.00 bits per heavy atom. The summed E-state index contributed by atoms with van der Waals surface area (Å²) in [7, 11) is 0. The van der Waals surface area contributed by atoms with Gasteiger partial charge in [-0.3, -0.25) is 0 Å². The first-order valence-corrected chi connectivity index (χ1v) is 5.83. The molecule has 0 nitrogen and oxygen atoms in total. The molecule has 0 radical (unpaired) electrons. The van der Waals surface area contributed by atoms with Gasteiger partial charge in [0, 0.05) is 0 Å². The highest BCUT2D eigenvalue weighted by molar-refractivity contribution is 9.11. The second-order valence-corrected chi connectivity index (χ2v) is 5.54. The third-order valence-electron chi connectivity index (χ3n) is 3.11. The number of hydrogen-bond donors (Lipinski definition) is 0. The third-order valence-corrected chi connectivity index (χ3v) is 3.74. The van der Waals surface area contributed by atoms with E-state index in [1.807, 2.05) is 0 Å². The maximum atomic E-state index is 3.60. The van der Waals surface area contributed by atoms with Crippen LogP contribution in [-0.2, 0) is 0 Å². The standard InChI is InChI=1S/C12H19Br/c1-5-12(3,4)11-8-10(13)7-6-9(11)2/h8H,5-7H2,1-4H3. The van der Waals surface area contributed by atoms with Gasteiger partial charge in [0.25, 0.3) is 0 Å². The fraction of sp³-hybridized carbons (Fsp3) is 0.667. The minimum absolute atomic E-state index is 0.337. The Balaban J connectivity index is 3.02. The molecule has 13 heavy (non-hydrogen) atoms. The fourth-order valence-electron chi connectivity index (χ4n) is 1.76. The van der Waals surface area contributed by atoms with Gasteiger partial charge in [0.15, 0.2) is 0 Å². The highest BCUT2D eigenvalue weighted by Crippen LogP contribution is 2.39. The van der Waals surface area contributed by atoms with Crippen LogP contribution in [0.4, 0.5) is 0 Å². The molecule has 0 bridgehead atoms. The minimum Gasteiger partial charge on any atom is -0.0692 e. The molecule has 74 valence electrons. The van der Waals surface area contributed by atoms with Gasteiger partial charge in [0.2, 0.25) is 0 Å². The van der Waals surface area contributed by atoms with E-state index in [0.717, 1.165) is 0 Å². The highest BCUT2D eigenvalue weighted by Gasteiger charge is 2.23. The molecular weight excluding hydrogens is 224 g/mol. The SMILES string of the molecule is CCC(C)(C)C1=C(C)CCC(Br)=C1. The van der Waals surface area contributed by atoms with Gasteiger partial charge in [-0.15, -0.1) is 0 Å². The maximum absolute atomic E-state index is 3.60. The van der Waals surface area contributed by atoms with Crippen molar-refractivity contribution in [2.45, 2.75) is 47.0 Å². The molecule has 0 aromatic carbocycles. The van der Waals surface area contributed by atoms with Crippen molar-refractivity contribution in [1.29, 1.82) is 0 Å². The van der Waals surface area contributed by atoms with E-state index in [9.17, 15) is 0 Å². The van der Waals surface area contributed by atoms with Crippen LogP contribution in [0.3, 0.4) is 0 Å². The van der Waals surface area contributed by atoms with Gasteiger partial charge < -0.3 is 0 Å². The Labute approximate surface area is 90.2 Å². The summed E-state index contributed by atoms with van der Waals surface area (Å²) in [5, 5.41) is 0. The van der Waals surface area contributed by atoms with Gasteiger partial charge in [0.1, 0.15) is 0 Å². The molecular formula is C12H19Br. The van der Waals surface area contributed by atoms with Crippen molar-refractivity contribution in [3.8, 4) is 0 Å². The second kappa shape index (κ2) is 4.00. The van der Waals surface area contributed by atoms with Crippen LogP contribution in [0.5, 0.6) is 0 Å². The summed E-state index contributed by atoms with van der Waals surface area (Å²) in [4.78, 5) is 0. The van der Waals surface area contributed by atoms with E-state index < -0.39 is 0 Å². The van der Waals surface area contributed by atoms with Crippen molar-refractivity contribution in [2.24, 2.45) is 5.41 Å². The molecule has 0 N–H and O–H groups in total. The van der Waals surface area contributed by atoms with Gasteiger partial charge in [-0.1, -0.05) is 42.3 Å². The summed E-state index contributed by atoms with van der Waals surface area (Å²) in [6, 6.07) is 0. The van der Waals surface area contributed by atoms with Crippen LogP contribution in [0.15, 0.2) is 21.7 Å². The topological polar surface area (TPSA) is 0 Å². The summed E-state index contributed by atoms with van der Waals surface area (Å²) in [5.74, 6) is 0. The first-order chi connectivity index (χ1) is 5.97. The van der Waals surface area contributed by atoms with E-state index in [1.54, 1.807) is 5.57 Å². The second-order valence-electron chi connectivity index (χ2n) is 4.52. The predicted octanol–water partition coefficient (Wildman–Crippen LogP) is 4.81.